The fraction of sp³-hybridized carbons (Fsp3) is 0.783. The van der Waals surface area contributed by atoms with Crippen molar-refractivity contribution in [1.82, 2.24) is 26.6 Å². The standard InChI is InChI=1S/C23H40F3N5O5/c1-13(2)11-17(31-21(35)19(27-6)14(3)4)20(34)29-12-18(33)30-16(15(5)32)9-7-8-10-28-22(36)23(24,25)26/h13-14,16-17,19,27H,7-12H2,1-6H3,(H,28,36)(H,29,34)(H,30,33)(H,31,35). The first kappa shape index (κ1) is 33.3. The van der Waals surface area contributed by atoms with Crippen LogP contribution >= 0.6 is 0 Å². The summed E-state index contributed by atoms with van der Waals surface area (Å²) < 4.78 is 36.5. The van der Waals surface area contributed by atoms with Gasteiger partial charge in [-0.1, -0.05) is 27.7 Å². The molecule has 0 bridgehead atoms. The Bertz CT molecular complexity index is 759. The predicted octanol–water partition coefficient (Wildman–Crippen LogP) is 0.800. The van der Waals surface area contributed by atoms with Gasteiger partial charge in [-0.25, -0.2) is 0 Å². The predicted molar refractivity (Wildman–Crippen MR) is 128 cm³/mol. The van der Waals surface area contributed by atoms with Gasteiger partial charge in [0.25, 0.3) is 0 Å². The van der Waals surface area contributed by atoms with E-state index in [2.05, 4.69) is 21.3 Å². The van der Waals surface area contributed by atoms with Crippen molar-refractivity contribution in [3.8, 4) is 0 Å². The number of hydrogen-bond donors (Lipinski definition) is 5. The van der Waals surface area contributed by atoms with Crippen molar-refractivity contribution in [2.45, 2.75) is 84.6 Å². The smallest absolute Gasteiger partial charge is 0.348 e. The Morgan fingerprint density at radius 2 is 1.44 bits per heavy atom. The summed E-state index contributed by atoms with van der Waals surface area (Å²) in [7, 11) is 1.65. The van der Waals surface area contributed by atoms with E-state index < -0.39 is 48.6 Å². The Hall–Kier alpha value is -2.70. The highest BCUT2D eigenvalue weighted by Gasteiger charge is 2.38. The summed E-state index contributed by atoms with van der Waals surface area (Å²) in [4.78, 5) is 60.2. The zero-order valence-corrected chi connectivity index (χ0v) is 21.8. The molecule has 0 heterocycles. The number of likely N-dealkylation sites (N-methyl/N-ethyl adjacent to an activating group) is 1. The molecule has 0 radical (unpaired) electrons. The van der Waals surface area contributed by atoms with Crippen LogP contribution in [0, 0.1) is 11.8 Å². The van der Waals surface area contributed by atoms with E-state index in [-0.39, 0.29) is 49.3 Å². The molecule has 0 aromatic rings. The normalized spacial score (nSPS) is 14.1. The molecular weight excluding hydrogens is 483 g/mol. The molecule has 10 nitrogen and oxygen atoms in total. The molecule has 208 valence electrons. The second-order valence-electron chi connectivity index (χ2n) is 9.40. The first-order valence-corrected chi connectivity index (χ1v) is 12.0. The van der Waals surface area contributed by atoms with E-state index in [1.807, 2.05) is 27.7 Å². The quantitative estimate of drug-likeness (QED) is 0.189. The summed E-state index contributed by atoms with van der Waals surface area (Å²) in [5.74, 6) is -3.80. The number of nitrogens with one attached hydrogen (secondary N) is 5. The van der Waals surface area contributed by atoms with Gasteiger partial charge in [0.15, 0.2) is 5.78 Å². The summed E-state index contributed by atoms with van der Waals surface area (Å²) >= 11 is 0. The fourth-order valence-electron chi connectivity index (χ4n) is 3.42. The van der Waals surface area contributed by atoms with Crippen molar-refractivity contribution in [2.24, 2.45) is 11.8 Å². The molecule has 0 aliphatic heterocycles. The number of carbonyl (C=O) groups excluding carboxylic acids is 5. The lowest BCUT2D eigenvalue weighted by molar-refractivity contribution is -0.173. The summed E-state index contributed by atoms with van der Waals surface area (Å²) in [6.45, 7) is 8.14. The van der Waals surface area contributed by atoms with E-state index in [1.54, 1.807) is 12.4 Å². The molecule has 0 saturated heterocycles. The van der Waals surface area contributed by atoms with E-state index in [1.165, 1.54) is 6.92 Å². The maximum atomic E-state index is 12.7. The third kappa shape index (κ3) is 13.4. The van der Waals surface area contributed by atoms with Gasteiger partial charge >= 0.3 is 12.1 Å². The van der Waals surface area contributed by atoms with E-state index in [0.717, 1.165) is 0 Å². The molecule has 0 aliphatic carbocycles. The minimum absolute atomic E-state index is 0.00652. The van der Waals surface area contributed by atoms with Crippen LogP contribution in [-0.4, -0.2) is 73.9 Å². The number of Topliss-reactive ketones (excluding diaryl/α,β-unsaturated/α-hetero) is 1. The van der Waals surface area contributed by atoms with E-state index in [0.29, 0.717) is 6.42 Å². The number of alkyl halides is 3. The van der Waals surface area contributed by atoms with Gasteiger partial charge in [-0.3, -0.25) is 24.0 Å². The van der Waals surface area contributed by atoms with Crippen LogP contribution in [0.3, 0.4) is 0 Å². The van der Waals surface area contributed by atoms with Gasteiger partial charge in [0.2, 0.25) is 17.7 Å². The lowest BCUT2D eigenvalue weighted by Gasteiger charge is -2.25. The Kier molecular flexibility index (Phi) is 14.9. The number of halogens is 3. The number of amides is 4. The van der Waals surface area contributed by atoms with Gasteiger partial charge in [-0.2, -0.15) is 13.2 Å². The van der Waals surface area contributed by atoms with Gasteiger partial charge in [0.05, 0.1) is 18.6 Å². The SMILES string of the molecule is CNC(C(=O)NC(CC(C)C)C(=O)NCC(=O)NC(CCCCNC(=O)C(F)(F)F)C(C)=O)C(C)C. The number of ketones is 1. The van der Waals surface area contributed by atoms with E-state index in [9.17, 15) is 37.1 Å². The number of unbranched alkanes of at least 4 members (excludes halogenated alkanes) is 1. The van der Waals surface area contributed by atoms with Crippen molar-refractivity contribution >= 4 is 29.4 Å². The molecule has 3 unspecified atom stereocenters. The average molecular weight is 524 g/mol. The fourth-order valence-corrected chi connectivity index (χ4v) is 3.42. The van der Waals surface area contributed by atoms with Gasteiger partial charge in [0.1, 0.15) is 6.04 Å². The molecule has 0 aromatic carbocycles. The number of rotatable bonds is 16. The van der Waals surface area contributed by atoms with Crippen LogP contribution in [-0.2, 0) is 24.0 Å². The van der Waals surface area contributed by atoms with Crippen molar-refractivity contribution in [1.29, 1.82) is 0 Å². The van der Waals surface area contributed by atoms with Crippen LogP contribution in [0.2, 0.25) is 0 Å². The topological polar surface area (TPSA) is 146 Å². The molecule has 5 N–H and O–H groups in total. The molecule has 0 rings (SSSR count). The molecule has 0 spiro atoms. The van der Waals surface area contributed by atoms with E-state index >= 15 is 0 Å². The monoisotopic (exact) mass is 523 g/mol. The number of hydrogen-bond acceptors (Lipinski definition) is 6. The zero-order valence-electron chi connectivity index (χ0n) is 21.8. The minimum atomic E-state index is -4.96. The van der Waals surface area contributed by atoms with Gasteiger partial charge < -0.3 is 26.6 Å². The Balaban J connectivity index is 4.76. The van der Waals surface area contributed by atoms with Crippen molar-refractivity contribution < 1.29 is 37.1 Å². The summed E-state index contributed by atoms with van der Waals surface area (Å²) in [6, 6.07) is -2.23. The first-order valence-electron chi connectivity index (χ1n) is 12.0. The molecular formula is C23H40F3N5O5. The van der Waals surface area contributed by atoms with Gasteiger partial charge in [0, 0.05) is 6.54 Å². The molecule has 0 aliphatic rings. The maximum absolute atomic E-state index is 12.7. The van der Waals surface area contributed by atoms with Crippen molar-refractivity contribution in [2.75, 3.05) is 20.1 Å². The highest BCUT2D eigenvalue weighted by molar-refractivity contribution is 5.93. The van der Waals surface area contributed by atoms with Crippen LogP contribution in [0.5, 0.6) is 0 Å². The molecule has 0 aromatic heterocycles. The largest absolute Gasteiger partial charge is 0.471 e. The van der Waals surface area contributed by atoms with Crippen molar-refractivity contribution in [3.63, 3.8) is 0 Å². The number of carbonyl (C=O) groups is 5. The van der Waals surface area contributed by atoms with Crippen LogP contribution in [0.25, 0.3) is 0 Å². The molecule has 13 heteroatoms. The molecule has 0 saturated carbocycles. The average Bonchev–Trinajstić information content (AvgIpc) is 2.74. The molecule has 3 atom stereocenters. The van der Waals surface area contributed by atoms with Crippen LogP contribution < -0.4 is 26.6 Å². The lowest BCUT2D eigenvalue weighted by atomic mass is 10.00. The Morgan fingerprint density at radius 3 is 1.92 bits per heavy atom. The second-order valence-corrected chi connectivity index (χ2v) is 9.40. The van der Waals surface area contributed by atoms with Crippen LogP contribution in [0.15, 0.2) is 0 Å². The summed E-state index contributed by atoms with van der Waals surface area (Å²) in [5.41, 5.74) is 0. The highest BCUT2D eigenvalue weighted by Crippen LogP contribution is 2.14. The summed E-state index contributed by atoms with van der Waals surface area (Å²) in [6.07, 6.45) is -3.99. The third-order valence-electron chi connectivity index (χ3n) is 5.31. The maximum Gasteiger partial charge on any atom is 0.471 e. The van der Waals surface area contributed by atoms with Crippen LogP contribution in [0.4, 0.5) is 13.2 Å². The molecule has 36 heavy (non-hydrogen) atoms. The Labute approximate surface area is 210 Å². The minimum Gasteiger partial charge on any atom is -0.348 e. The van der Waals surface area contributed by atoms with Crippen LogP contribution in [0.1, 0.15) is 60.3 Å². The first-order chi connectivity index (χ1) is 16.6. The van der Waals surface area contributed by atoms with E-state index in [4.69, 9.17) is 0 Å². The molecule has 4 amide bonds. The molecule has 0 fully saturated rings. The van der Waals surface area contributed by atoms with Gasteiger partial charge in [-0.15, -0.1) is 0 Å². The van der Waals surface area contributed by atoms with Crippen molar-refractivity contribution in [3.05, 3.63) is 0 Å². The highest BCUT2D eigenvalue weighted by atomic mass is 19.4. The van der Waals surface area contributed by atoms with Gasteiger partial charge in [-0.05, 0) is 51.5 Å². The second kappa shape index (κ2) is 16.1. The third-order valence-corrected chi connectivity index (χ3v) is 5.31. The Morgan fingerprint density at radius 1 is 0.833 bits per heavy atom. The zero-order chi connectivity index (χ0) is 28.1. The lowest BCUT2D eigenvalue weighted by Crippen LogP contribution is -2.55. The summed E-state index contributed by atoms with van der Waals surface area (Å²) in [5, 5.41) is 12.3.